The average Bonchev–Trinajstić information content (AvgIpc) is 3.01. The van der Waals surface area contributed by atoms with Crippen LogP contribution in [0.15, 0.2) is 12.3 Å². The predicted molar refractivity (Wildman–Crippen MR) is 81.4 cm³/mol. The van der Waals surface area contributed by atoms with E-state index in [4.69, 9.17) is 5.11 Å². The molecule has 0 atom stereocenters. The van der Waals surface area contributed by atoms with Crippen molar-refractivity contribution in [1.29, 1.82) is 0 Å². The Labute approximate surface area is 134 Å². The van der Waals surface area contributed by atoms with Gasteiger partial charge in [0.05, 0.1) is 18.7 Å². The van der Waals surface area contributed by atoms with Gasteiger partial charge >= 0.3 is 5.97 Å². The van der Waals surface area contributed by atoms with Crippen molar-refractivity contribution in [1.82, 2.24) is 19.0 Å². The number of piperazine rings is 1. The van der Waals surface area contributed by atoms with Gasteiger partial charge in [0, 0.05) is 32.4 Å². The first-order valence-electron chi connectivity index (χ1n) is 7.36. The monoisotopic (exact) mass is 344 g/mol. The van der Waals surface area contributed by atoms with Crippen molar-refractivity contribution < 1.29 is 23.1 Å². The van der Waals surface area contributed by atoms with Gasteiger partial charge < -0.3 is 10.0 Å². The van der Waals surface area contributed by atoms with Crippen molar-refractivity contribution in [3.05, 3.63) is 18.0 Å². The largest absolute Gasteiger partial charge is 0.481 e. The minimum atomic E-state index is -3.23. The third-order valence-electron chi connectivity index (χ3n) is 3.70. The van der Waals surface area contributed by atoms with E-state index in [0.717, 1.165) is 0 Å². The summed E-state index contributed by atoms with van der Waals surface area (Å²) in [6.07, 6.45) is 1.50. The van der Waals surface area contributed by atoms with Crippen molar-refractivity contribution in [3.8, 4) is 0 Å². The summed E-state index contributed by atoms with van der Waals surface area (Å²) in [6, 6.07) is 1.54. The van der Waals surface area contributed by atoms with Crippen LogP contribution in [0.4, 0.5) is 0 Å². The Balaban J connectivity index is 1.94. The summed E-state index contributed by atoms with van der Waals surface area (Å²) >= 11 is 0. The molecule has 0 spiro atoms. The van der Waals surface area contributed by atoms with E-state index in [-0.39, 0.29) is 43.4 Å². The second-order valence-electron chi connectivity index (χ2n) is 5.20. The lowest BCUT2D eigenvalue weighted by molar-refractivity contribution is -0.137. The fourth-order valence-electron chi connectivity index (χ4n) is 2.32. The number of carboxylic acids is 1. The molecular weight excluding hydrogens is 324 g/mol. The molecule has 9 nitrogen and oxygen atoms in total. The summed E-state index contributed by atoms with van der Waals surface area (Å²) in [5, 5.41) is 12.7. The van der Waals surface area contributed by atoms with E-state index in [1.165, 1.54) is 8.99 Å². The zero-order chi connectivity index (χ0) is 17.0. The molecule has 1 N–H and O–H groups in total. The van der Waals surface area contributed by atoms with Crippen LogP contribution in [0.25, 0.3) is 0 Å². The van der Waals surface area contributed by atoms with Crippen LogP contribution in [0.1, 0.15) is 23.8 Å². The third-order valence-corrected chi connectivity index (χ3v) is 5.58. The van der Waals surface area contributed by atoms with E-state index in [2.05, 4.69) is 5.10 Å². The highest BCUT2D eigenvalue weighted by molar-refractivity contribution is 7.89. The maximum absolute atomic E-state index is 12.3. The third kappa shape index (κ3) is 4.29. The maximum atomic E-state index is 12.3. The lowest BCUT2D eigenvalue weighted by atomic mass is 10.3. The summed E-state index contributed by atoms with van der Waals surface area (Å²) in [6.45, 7) is 2.99. The summed E-state index contributed by atoms with van der Waals surface area (Å²) in [4.78, 5) is 24.4. The van der Waals surface area contributed by atoms with Gasteiger partial charge in [0.2, 0.25) is 10.0 Å². The number of amides is 1. The molecule has 0 aromatic carbocycles. The second kappa shape index (κ2) is 7.09. The van der Waals surface area contributed by atoms with E-state index in [1.54, 1.807) is 24.1 Å². The summed E-state index contributed by atoms with van der Waals surface area (Å²) in [5.41, 5.74) is 0.238. The van der Waals surface area contributed by atoms with E-state index >= 15 is 0 Å². The molecule has 2 rings (SSSR count). The highest BCUT2D eigenvalue weighted by Crippen LogP contribution is 2.11. The number of aryl methyl sites for hydroxylation is 1. The average molecular weight is 344 g/mol. The molecule has 1 aliphatic heterocycles. The molecule has 0 aliphatic carbocycles. The summed E-state index contributed by atoms with van der Waals surface area (Å²) < 4.78 is 26.4. The number of aliphatic carboxylic acids is 1. The molecule has 128 valence electrons. The van der Waals surface area contributed by atoms with Crippen LogP contribution in [-0.4, -0.2) is 76.3 Å². The molecular formula is C13H20N4O5S. The number of carboxylic acid groups (broad SMARTS) is 1. The quantitative estimate of drug-likeness (QED) is 0.742. The standard InChI is InChI=1S/C13H20N4O5S/c1-2-23(21,22)17-9-7-15(8-10-17)13(20)11-3-5-16(14-11)6-4-12(18)19/h3,5H,2,4,6-10H2,1H3,(H,18,19). The van der Waals surface area contributed by atoms with Crippen LogP contribution in [0, 0.1) is 0 Å². The van der Waals surface area contributed by atoms with E-state index < -0.39 is 16.0 Å². The molecule has 1 fully saturated rings. The first-order valence-corrected chi connectivity index (χ1v) is 8.96. The van der Waals surface area contributed by atoms with Gasteiger partial charge in [-0.05, 0) is 13.0 Å². The van der Waals surface area contributed by atoms with Crippen molar-refractivity contribution >= 4 is 21.9 Å². The Bertz CT molecular complexity index is 676. The first kappa shape index (κ1) is 17.4. The van der Waals surface area contributed by atoms with Gasteiger partial charge in [-0.1, -0.05) is 0 Å². The molecule has 1 amide bonds. The molecule has 23 heavy (non-hydrogen) atoms. The van der Waals surface area contributed by atoms with Crippen molar-refractivity contribution in [2.45, 2.75) is 19.9 Å². The van der Waals surface area contributed by atoms with E-state index in [9.17, 15) is 18.0 Å². The van der Waals surface area contributed by atoms with Gasteiger partial charge in [-0.15, -0.1) is 0 Å². The molecule has 2 heterocycles. The summed E-state index contributed by atoms with van der Waals surface area (Å²) in [7, 11) is -3.23. The normalized spacial score (nSPS) is 16.5. The smallest absolute Gasteiger partial charge is 0.305 e. The van der Waals surface area contributed by atoms with Crippen LogP contribution in [0.2, 0.25) is 0 Å². The number of hydrogen-bond acceptors (Lipinski definition) is 5. The predicted octanol–water partition coefficient (Wildman–Crippen LogP) is -0.535. The van der Waals surface area contributed by atoms with Gasteiger partial charge in [0.15, 0.2) is 0 Å². The minimum Gasteiger partial charge on any atom is -0.481 e. The SMILES string of the molecule is CCS(=O)(=O)N1CCN(C(=O)c2ccn(CCC(=O)O)n2)CC1. The number of sulfonamides is 1. The molecule has 1 aliphatic rings. The fourth-order valence-corrected chi connectivity index (χ4v) is 3.41. The van der Waals surface area contributed by atoms with Gasteiger partial charge in [-0.3, -0.25) is 14.3 Å². The van der Waals surface area contributed by atoms with Gasteiger partial charge in [0.1, 0.15) is 5.69 Å². The number of aromatic nitrogens is 2. The Morgan fingerprint density at radius 2 is 1.91 bits per heavy atom. The van der Waals surface area contributed by atoms with Crippen molar-refractivity contribution in [2.75, 3.05) is 31.9 Å². The molecule has 0 bridgehead atoms. The molecule has 10 heteroatoms. The lowest BCUT2D eigenvalue weighted by Crippen LogP contribution is -2.50. The molecule has 0 saturated carbocycles. The number of rotatable bonds is 6. The first-order chi connectivity index (χ1) is 10.8. The van der Waals surface area contributed by atoms with Crippen LogP contribution >= 0.6 is 0 Å². The number of nitrogens with zero attached hydrogens (tertiary/aromatic N) is 4. The van der Waals surface area contributed by atoms with Crippen LogP contribution < -0.4 is 0 Å². The Hall–Kier alpha value is -1.94. The Morgan fingerprint density at radius 1 is 1.26 bits per heavy atom. The zero-order valence-electron chi connectivity index (χ0n) is 12.9. The highest BCUT2D eigenvalue weighted by atomic mass is 32.2. The van der Waals surface area contributed by atoms with E-state index in [0.29, 0.717) is 13.1 Å². The lowest BCUT2D eigenvalue weighted by Gasteiger charge is -2.33. The minimum absolute atomic E-state index is 0.0505. The molecule has 1 aromatic rings. The van der Waals surface area contributed by atoms with Crippen LogP contribution in [-0.2, 0) is 21.4 Å². The Kier molecular flexibility index (Phi) is 5.37. The maximum Gasteiger partial charge on any atom is 0.305 e. The number of carbonyl (C=O) groups is 2. The van der Waals surface area contributed by atoms with Gasteiger partial charge in [-0.25, -0.2) is 8.42 Å². The van der Waals surface area contributed by atoms with Crippen LogP contribution in [0.3, 0.4) is 0 Å². The van der Waals surface area contributed by atoms with Crippen molar-refractivity contribution in [3.63, 3.8) is 0 Å². The van der Waals surface area contributed by atoms with E-state index in [1.807, 2.05) is 0 Å². The number of carbonyl (C=O) groups excluding carboxylic acids is 1. The van der Waals surface area contributed by atoms with Gasteiger partial charge in [-0.2, -0.15) is 9.40 Å². The Morgan fingerprint density at radius 3 is 2.48 bits per heavy atom. The topological polar surface area (TPSA) is 113 Å². The van der Waals surface area contributed by atoms with Gasteiger partial charge in [0.25, 0.3) is 5.91 Å². The molecule has 1 saturated heterocycles. The fraction of sp³-hybridized carbons (Fsp3) is 0.615. The summed E-state index contributed by atoms with van der Waals surface area (Å²) in [5.74, 6) is -1.15. The van der Waals surface area contributed by atoms with Crippen molar-refractivity contribution in [2.24, 2.45) is 0 Å². The highest BCUT2D eigenvalue weighted by Gasteiger charge is 2.28. The second-order valence-corrected chi connectivity index (χ2v) is 7.46. The molecule has 1 aromatic heterocycles. The molecule has 0 radical (unpaired) electrons. The van der Waals surface area contributed by atoms with Crippen LogP contribution in [0.5, 0.6) is 0 Å². The molecule has 0 unspecified atom stereocenters. The zero-order valence-corrected chi connectivity index (χ0v) is 13.7. The number of hydrogen-bond donors (Lipinski definition) is 1.